The van der Waals surface area contributed by atoms with Gasteiger partial charge in [0, 0.05) is 24.7 Å². The van der Waals surface area contributed by atoms with Crippen molar-refractivity contribution in [3.8, 4) is 0 Å². The molecule has 5 nitrogen and oxygen atoms in total. The zero-order valence-electron chi connectivity index (χ0n) is 10.2. The van der Waals surface area contributed by atoms with Gasteiger partial charge in [0.2, 0.25) is 0 Å². The number of hydrogen-bond acceptors (Lipinski definition) is 4. The second kappa shape index (κ2) is 4.60. The number of carbonyl (C=O) groups is 1. The number of fused-ring (bicyclic) bond motifs is 1. The minimum atomic E-state index is -0.869. The molecule has 1 aromatic heterocycles. The molecule has 5 heteroatoms. The van der Waals surface area contributed by atoms with Crippen LogP contribution in [0.3, 0.4) is 0 Å². The van der Waals surface area contributed by atoms with Gasteiger partial charge in [-0.1, -0.05) is 18.2 Å². The number of aromatic nitrogens is 1. The Morgan fingerprint density at radius 2 is 1.84 bits per heavy atom. The van der Waals surface area contributed by atoms with Crippen molar-refractivity contribution in [2.24, 2.45) is 0 Å². The number of hydrogen-bond donors (Lipinski definition) is 2. The highest BCUT2D eigenvalue weighted by atomic mass is 16.3. The number of benzene rings is 1. The van der Waals surface area contributed by atoms with Crippen LogP contribution < -0.4 is 0 Å². The fourth-order valence-electron chi connectivity index (χ4n) is 2.38. The molecular formula is C14H14N2O3. The molecule has 2 atom stereocenters. The Labute approximate surface area is 110 Å². The van der Waals surface area contributed by atoms with Gasteiger partial charge in [-0.2, -0.15) is 0 Å². The van der Waals surface area contributed by atoms with Crippen molar-refractivity contribution >= 4 is 16.8 Å². The highest BCUT2D eigenvalue weighted by molar-refractivity contribution is 6.05. The highest BCUT2D eigenvalue weighted by Gasteiger charge is 2.33. The second-order valence-electron chi connectivity index (χ2n) is 4.73. The van der Waals surface area contributed by atoms with Crippen LogP contribution in [0.25, 0.3) is 10.9 Å². The maximum Gasteiger partial charge on any atom is 0.256 e. The standard InChI is InChI=1S/C14H14N2O3/c17-11-7-16(8-12(11)18)14(19)10-5-1-3-9-4-2-6-15-13(9)10/h1-6,11-12,17-18H,7-8H2. The summed E-state index contributed by atoms with van der Waals surface area (Å²) in [6.07, 6.45) is -0.0916. The summed E-state index contributed by atoms with van der Waals surface area (Å²) in [4.78, 5) is 18.1. The maximum atomic E-state index is 12.4. The molecular weight excluding hydrogens is 244 g/mol. The van der Waals surface area contributed by atoms with Crippen LogP contribution in [-0.2, 0) is 0 Å². The van der Waals surface area contributed by atoms with Crippen LogP contribution >= 0.6 is 0 Å². The minimum absolute atomic E-state index is 0.156. The second-order valence-corrected chi connectivity index (χ2v) is 4.73. The Kier molecular flexibility index (Phi) is 2.93. The Balaban J connectivity index is 1.98. The third-order valence-electron chi connectivity index (χ3n) is 3.41. The van der Waals surface area contributed by atoms with Gasteiger partial charge < -0.3 is 15.1 Å². The summed E-state index contributed by atoms with van der Waals surface area (Å²) in [5, 5.41) is 19.9. The highest BCUT2D eigenvalue weighted by Crippen LogP contribution is 2.20. The third kappa shape index (κ3) is 2.07. The van der Waals surface area contributed by atoms with Gasteiger partial charge in [0.1, 0.15) is 0 Å². The van der Waals surface area contributed by atoms with E-state index in [1.54, 1.807) is 18.3 Å². The van der Waals surface area contributed by atoms with E-state index in [4.69, 9.17) is 0 Å². The first-order chi connectivity index (χ1) is 9.16. The molecule has 0 radical (unpaired) electrons. The average molecular weight is 258 g/mol. The predicted octanol–water partition coefficient (Wildman–Crippen LogP) is 0.412. The SMILES string of the molecule is O=C(c1cccc2cccnc12)N1CC(O)C(O)C1. The summed E-state index contributed by atoms with van der Waals surface area (Å²) >= 11 is 0. The molecule has 1 saturated heterocycles. The molecule has 2 heterocycles. The summed E-state index contributed by atoms with van der Waals surface area (Å²) in [6.45, 7) is 0.312. The van der Waals surface area contributed by atoms with E-state index in [-0.39, 0.29) is 19.0 Å². The number of aliphatic hydroxyl groups excluding tert-OH is 2. The lowest BCUT2D eigenvalue weighted by Gasteiger charge is -2.16. The molecule has 2 aromatic rings. The Morgan fingerprint density at radius 1 is 1.16 bits per heavy atom. The van der Waals surface area contributed by atoms with E-state index in [2.05, 4.69) is 4.98 Å². The molecule has 98 valence electrons. The Morgan fingerprint density at radius 3 is 2.58 bits per heavy atom. The number of β-amino-alcohol motifs (C(OH)–C–C–N with tert-alkyl or cyclic N) is 2. The topological polar surface area (TPSA) is 73.7 Å². The maximum absolute atomic E-state index is 12.4. The van der Waals surface area contributed by atoms with Crippen LogP contribution in [0, 0.1) is 0 Å². The van der Waals surface area contributed by atoms with E-state index in [9.17, 15) is 15.0 Å². The van der Waals surface area contributed by atoms with E-state index < -0.39 is 12.2 Å². The van der Waals surface area contributed by atoms with E-state index >= 15 is 0 Å². The van der Waals surface area contributed by atoms with Gasteiger partial charge in [-0.3, -0.25) is 9.78 Å². The van der Waals surface area contributed by atoms with Gasteiger partial charge in [0.05, 0.1) is 23.3 Å². The molecule has 1 amide bonds. The van der Waals surface area contributed by atoms with Crippen molar-refractivity contribution in [2.75, 3.05) is 13.1 Å². The molecule has 19 heavy (non-hydrogen) atoms. The number of likely N-dealkylation sites (tertiary alicyclic amines) is 1. The van der Waals surface area contributed by atoms with Gasteiger partial charge >= 0.3 is 0 Å². The number of amides is 1. The Hall–Kier alpha value is -1.98. The minimum Gasteiger partial charge on any atom is -0.388 e. The van der Waals surface area contributed by atoms with Crippen molar-refractivity contribution in [1.82, 2.24) is 9.88 Å². The third-order valence-corrected chi connectivity index (χ3v) is 3.41. The first-order valence-corrected chi connectivity index (χ1v) is 6.16. The molecule has 1 aliphatic heterocycles. The number of carbonyl (C=O) groups excluding carboxylic acids is 1. The molecule has 1 fully saturated rings. The molecule has 0 saturated carbocycles. The molecule has 0 bridgehead atoms. The zero-order valence-corrected chi connectivity index (χ0v) is 10.2. The van der Waals surface area contributed by atoms with Crippen LogP contribution in [0.2, 0.25) is 0 Å². The molecule has 0 aliphatic carbocycles. The summed E-state index contributed by atoms with van der Waals surface area (Å²) in [7, 11) is 0. The number of pyridine rings is 1. The van der Waals surface area contributed by atoms with Crippen LogP contribution in [0.15, 0.2) is 36.5 Å². The molecule has 2 unspecified atom stereocenters. The van der Waals surface area contributed by atoms with Gasteiger partial charge in [-0.05, 0) is 12.1 Å². The van der Waals surface area contributed by atoms with Crippen molar-refractivity contribution < 1.29 is 15.0 Å². The lowest BCUT2D eigenvalue weighted by atomic mass is 10.1. The lowest BCUT2D eigenvalue weighted by molar-refractivity contribution is 0.0572. The Bertz CT molecular complexity index is 614. The van der Waals surface area contributed by atoms with Crippen molar-refractivity contribution in [2.45, 2.75) is 12.2 Å². The summed E-state index contributed by atoms with van der Waals surface area (Å²) in [6, 6.07) is 9.13. The summed E-state index contributed by atoms with van der Waals surface area (Å²) < 4.78 is 0. The number of nitrogens with zero attached hydrogens (tertiary/aromatic N) is 2. The van der Waals surface area contributed by atoms with E-state index in [0.29, 0.717) is 11.1 Å². The van der Waals surface area contributed by atoms with E-state index in [1.807, 2.05) is 18.2 Å². The van der Waals surface area contributed by atoms with Crippen molar-refractivity contribution in [3.63, 3.8) is 0 Å². The number of aliphatic hydroxyl groups is 2. The quantitative estimate of drug-likeness (QED) is 0.777. The largest absolute Gasteiger partial charge is 0.388 e. The van der Waals surface area contributed by atoms with Gasteiger partial charge in [-0.25, -0.2) is 0 Å². The molecule has 0 spiro atoms. The first-order valence-electron chi connectivity index (χ1n) is 6.16. The zero-order chi connectivity index (χ0) is 13.4. The van der Waals surface area contributed by atoms with Gasteiger partial charge in [0.15, 0.2) is 0 Å². The average Bonchev–Trinajstić information content (AvgIpc) is 2.77. The summed E-state index contributed by atoms with van der Waals surface area (Å²) in [5.41, 5.74) is 1.14. The fraction of sp³-hybridized carbons (Fsp3) is 0.286. The van der Waals surface area contributed by atoms with Gasteiger partial charge in [0.25, 0.3) is 5.91 Å². The van der Waals surface area contributed by atoms with Crippen LogP contribution in [0.4, 0.5) is 0 Å². The van der Waals surface area contributed by atoms with Crippen LogP contribution in [0.1, 0.15) is 10.4 Å². The monoisotopic (exact) mass is 258 g/mol. The summed E-state index contributed by atoms with van der Waals surface area (Å²) in [5.74, 6) is -0.208. The normalized spacial score (nSPS) is 22.9. The lowest BCUT2D eigenvalue weighted by Crippen LogP contribution is -2.30. The first kappa shape index (κ1) is 12.1. The van der Waals surface area contributed by atoms with Crippen LogP contribution in [0.5, 0.6) is 0 Å². The smallest absolute Gasteiger partial charge is 0.256 e. The predicted molar refractivity (Wildman–Crippen MR) is 69.7 cm³/mol. The van der Waals surface area contributed by atoms with Crippen molar-refractivity contribution in [3.05, 3.63) is 42.1 Å². The molecule has 1 aliphatic rings. The molecule has 2 N–H and O–H groups in total. The fourth-order valence-corrected chi connectivity index (χ4v) is 2.38. The number of para-hydroxylation sites is 1. The molecule has 3 rings (SSSR count). The van der Waals surface area contributed by atoms with Crippen molar-refractivity contribution in [1.29, 1.82) is 0 Å². The van der Waals surface area contributed by atoms with E-state index in [1.165, 1.54) is 4.90 Å². The van der Waals surface area contributed by atoms with Gasteiger partial charge in [-0.15, -0.1) is 0 Å². The van der Waals surface area contributed by atoms with Crippen LogP contribution in [-0.4, -0.2) is 51.3 Å². The van der Waals surface area contributed by atoms with E-state index in [0.717, 1.165) is 5.39 Å². The molecule has 1 aromatic carbocycles. The number of rotatable bonds is 1.